The summed E-state index contributed by atoms with van der Waals surface area (Å²) in [6.45, 7) is 8.57. The summed E-state index contributed by atoms with van der Waals surface area (Å²) < 4.78 is 16.2. The summed E-state index contributed by atoms with van der Waals surface area (Å²) in [5.74, 6) is -0.414. The van der Waals surface area contributed by atoms with Crippen molar-refractivity contribution in [3.63, 3.8) is 0 Å². The SMILES string of the molecule is CCn1nc(C)c(CNC(=O)C2CCN(c3ccc(C#N)cc3F)CC2)c1C. The number of hydrogen-bond donors (Lipinski definition) is 1. The van der Waals surface area contributed by atoms with Crippen LogP contribution < -0.4 is 10.2 Å². The minimum absolute atomic E-state index is 0.0444. The number of aromatic nitrogens is 2. The van der Waals surface area contributed by atoms with Gasteiger partial charge >= 0.3 is 0 Å². The van der Waals surface area contributed by atoms with E-state index in [1.165, 1.54) is 6.07 Å². The summed E-state index contributed by atoms with van der Waals surface area (Å²) in [4.78, 5) is 14.5. The fourth-order valence-corrected chi connectivity index (χ4v) is 3.83. The Morgan fingerprint density at radius 3 is 2.64 bits per heavy atom. The highest BCUT2D eigenvalue weighted by Crippen LogP contribution is 2.26. The number of carbonyl (C=O) groups excluding carboxylic acids is 1. The van der Waals surface area contributed by atoms with Gasteiger partial charge in [0.1, 0.15) is 5.82 Å². The molecule has 0 aliphatic carbocycles. The molecule has 1 saturated heterocycles. The molecule has 2 heterocycles. The summed E-state index contributed by atoms with van der Waals surface area (Å²) in [5, 5.41) is 16.4. The normalized spacial score (nSPS) is 14.8. The number of nitrogens with zero attached hydrogens (tertiary/aromatic N) is 4. The molecule has 0 atom stereocenters. The third-order valence-electron chi connectivity index (χ3n) is 5.55. The maximum absolute atomic E-state index is 14.2. The monoisotopic (exact) mass is 383 g/mol. The highest BCUT2D eigenvalue weighted by atomic mass is 19.1. The molecule has 7 heteroatoms. The molecule has 1 aromatic heterocycles. The number of amides is 1. The summed E-state index contributed by atoms with van der Waals surface area (Å²) in [7, 11) is 0. The van der Waals surface area contributed by atoms with Crippen LogP contribution in [0.2, 0.25) is 0 Å². The Hall–Kier alpha value is -2.88. The highest BCUT2D eigenvalue weighted by molar-refractivity contribution is 5.79. The third kappa shape index (κ3) is 4.01. The molecule has 1 amide bonds. The molecule has 148 valence electrons. The minimum atomic E-state index is -0.388. The topological polar surface area (TPSA) is 74.0 Å². The highest BCUT2D eigenvalue weighted by Gasteiger charge is 2.26. The van der Waals surface area contributed by atoms with Crippen molar-refractivity contribution in [3.8, 4) is 6.07 Å². The summed E-state index contributed by atoms with van der Waals surface area (Å²) in [6.07, 6.45) is 1.36. The van der Waals surface area contributed by atoms with Gasteiger partial charge in [0.25, 0.3) is 0 Å². The van der Waals surface area contributed by atoms with Crippen molar-refractivity contribution < 1.29 is 9.18 Å². The van der Waals surface area contributed by atoms with E-state index in [1.54, 1.807) is 12.1 Å². The zero-order valence-corrected chi connectivity index (χ0v) is 16.6. The van der Waals surface area contributed by atoms with Gasteiger partial charge in [-0.15, -0.1) is 0 Å². The lowest BCUT2D eigenvalue weighted by atomic mass is 9.95. The predicted octanol–water partition coefficient (Wildman–Crippen LogP) is 3.06. The van der Waals surface area contributed by atoms with E-state index in [-0.39, 0.29) is 17.6 Å². The number of carbonyl (C=O) groups is 1. The average Bonchev–Trinajstić information content (AvgIpc) is 2.99. The van der Waals surface area contributed by atoms with E-state index in [0.29, 0.717) is 43.7 Å². The Morgan fingerprint density at radius 1 is 1.36 bits per heavy atom. The fraction of sp³-hybridized carbons (Fsp3) is 0.476. The second-order valence-corrected chi connectivity index (χ2v) is 7.22. The maximum Gasteiger partial charge on any atom is 0.223 e. The molecule has 0 spiro atoms. The summed E-state index contributed by atoms with van der Waals surface area (Å²) in [5.41, 5.74) is 3.92. The Balaban J connectivity index is 1.56. The van der Waals surface area contributed by atoms with Crippen LogP contribution in [-0.4, -0.2) is 28.8 Å². The third-order valence-corrected chi connectivity index (χ3v) is 5.55. The van der Waals surface area contributed by atoms with Crippen LogP contribution in [-0.2, 0) is 17.9 Å². The van der Waals surface area contributed by atoms with E-state index < -0.39 is 0 Å². The van der Waals surface area contributed by atoms with Gasteiger partial charge in [-0.05, 0) is 51.8 Å². The first-order chi connectivity index (χ1) is 13.4. The minimum Gasteiger partial charge on any atom is -0.369 e. The molecule has 0 bridgehead atoms. The fourth-order valence-electron chi connectivity index (χ4n) is 3.83. The molecule has 6 nitrogen and oxygen atoms in total. The molecule has 3 rings (SSSR count). The van der Waals surface area contributed by atoms with Gasteiger partial charge in [0.2, 0.25) is 5.91 Å². The maximum atomic E-state index is 14.2. The van der Waals surface area contributed by atoms with Crippen LogP contribution in [0.5, 0.6) is 0 Å². The van der Waals surface area contributed by atoms with E-state index in [0.717, 1.165) is 23.5 Å². The van der Waals surface area contributed by atoms with Crippen LogP contribution in [0.4, 0.5) is 10.1 Å². The number of rotatable bonds is 5. The van der Waals surface area contributed by atoms with Crippen molar-refractivity contribution in [1.82, 2.24) is 15.1 Å². The molecule has 1 fully saturated rings. The van der Waals surface area contributed by atoms with Crippen molar-refractivity contribution in [2.45, 2.75) is 46.7 Å². The molecular weight excluding hydrogens is 357 g/mol. The lowest BCUT2D eigenvalue weighted by Gasteiger charge is -2.33. The van der Waals surface area contributed by atoms with Crippen LogP contribution in [0.25, 0.3) is 0 Å². The largest absolute Gasteiger partial charge is 0.369 e. The number of piperidine rings is 1. The van der Waals surface area contributed by atoms with Gasteiger partial charge in [-0.2, -0.15) is 10.4 Å². The Kier molecular flexibility index (Phi) is 5.98. The van der Waals surface area contributed by atoms with Gasteiger partial charge < -0.3 is 10.2 Å². The van der Waals surface area contributed by atoms with Crippen molar-refractivity contribution in [3.05, 3.63) is 46.5 Å². The molecule has 2 aromatic rings. The van der Waals surface area contributed by atoms with Gasteiger partial charge in [-0.1, -0.05) is 0 Å². The summed E-state index contributed by atoms with van der Waals surface area (Å²) >= 11 is 0. The van der Waals surface area contributed by atoms with Crippen molar-refractivity contribution in [1.29, 1.82) is 5.26 Å². The molecular formula is C21H26FN5O. The first kappa shape index (κ1) is 19.9. The number of anilines is 1. The number of nitrogens with one attached hydrogen (secondary N) is 1. The lowest BCUT2D eigenvalue weighted by molar-refractivity contribution is -0.125. The van der Waals surface area contributed by atoms with Crippen molar-refractivity contribution in [2.24, 2.45) is 5.92 Å². The van der Waals surface area contributed by atoms with Crippen molar-refractivity contribution in [2.75, 3.05) is 18.0 Å². The van der Waals surface area contributed by atoms with E-state index in [1.807, 2.05) is 36.4 Å². The molecule has 0 unspecified atom stereocenters. The zero-order chi connectivity index (χ0) is 20.3. The Labute approximate surface area is 164 Å². The second kappa shape index (κ2) is 8.42. The number of aryl methyl sites for hydroxylation is 2. The number of nitriles is 1. The molecule has 1 aromatic carbocycles. The van der Waals surface area contributed by atoms with E-state index >= 15 is 0 Å². The van der Waals surface area contributed by atoms with Crippen LogP contribution in [0.15, 0.2) is 18.2 Å². The quantitative estimate of drug-likeness (QED) is 0.861. The second-order valence-electron chi connectivity index (χ2n) is 7.22. The molecule has 28 heavy (non-hydrogen) atoms. The number of hydrogen-bond acceptors (Lipinski definition) is 4. The number of halogens is 1. The molecule has 0 radical (unpaired) electrons. The van der Waals surface area contributed by atoms with E-state index in [9.17, 15) is 9.18 Å². The van der Waals surface area contributed by atoms with Gasteiger partial charge in [0.15, 0.2) is 0 Å². The molecule has 1 aliphatic heterocycles. The van der Waals surface area contributed by atoms with Crippen LogP contribution in [0.3, 0.4) is 0 Å². The Morgan fingerprint density at radius 2 is 2.07 bits per heavy atom. The van der Waals surface area contributed by atoms with Gasteiger partial charge in [-0.25, -0.2) is 4.39 Å². The van der Waals surface area contributed by atoms with Crippen LogP contribution >= 0.6 is 0 Å². The predicted molar refractivity (Wildman–Crippen MR) is 105 cm³/mol. The Bertz CT molecular complexity index is 906. The van der Waals surface area contributed by atoms with Gasteiger partial charge in [0, 0.05) is 43.4 Å². The van der Waals surface area contributed by atoms with Gasteiger partial charge in [-0.3, -0.25) is 9.48 Å². The zero-order valence-electron chi connectivity index (χ0n) is 16.6. The average molecular weight is 383 g/mol. The number of benzene rings is 1. The first-order valence-electron chi connectivity index (χ1n) is 9.69. The molecule has 0 saturated carbocycles. The smallest absolute Gasteiger partial charge is 0.223 e. The standard InChI is InChI=1S/C21H26FN5O/c1-4-27-15(3)18(14(2)25-27)13-24-21(28)17-7-9-26(10-8-17)20-6-5-16(12-23)11-19(20)22/h5-6,11,17H,4,7-10,13H2,1-3H3,(H,24,28). The summed E-state index contributed by atoms with van der Waals surface area (Å²) in [6, 6.07) is 6.47. The van der Waals surface area contributed by atoms with Crippen LogP contribution in [0.1, 0.15) is 42.3 Å². The van der Waals surface area contributed by atoms with Gasteiger partial charge in [0.05, 0.1) is 23.0 Å². The lowest BCUT2D eigenvalue weighted by Crippen LogP contribution is -2.40. The first-order valence-corrected chi connectivity index (χ1v) is 9.69. The van der Waals surface area contributed by atoms with E-state index in [2.05, 4.69) is 10.4 Å². The van der Waals surface area contributed by atoms with E-state index in [4.69, 9.17) is 5.26 Å². The van der Waals surface area contributed by atoms with Crippen molar-refractivity contribution >= 4 is 11.6 Å². The molecule has 1 aliphatic rings. The van der Waals surface area contributed by atoms with Crippen LogP contribution in [0, 0.1) is 36.9 Å². The molecule has 1 N–H and O–H groups in total.